The predicted octanol–water partition coefficient (Wildman–Crippen LogP) is 1.24. The van der Waals surface area contributed by atoms with E-state index in [0.29, 0.717) is 18.8 Å². The molecule has 0 saturated heterocycles. The van der Waals surface area contributed by atoms with Crippen molar-refractivity contribution in [3.63, 3.8) is 0 Å². The molecule has 5 nitrogen and oxygen atoms in total. The number of nitrogens with one attached hydrogen (secondary N) is 1. The summed E-state index contributed by atoms with van der Waals surface area (Å²) in [5.74, 6) is 1.60. The minimum absolute atomic E-state index is 0.0388. The Labute approximate surface area is 120 Å². The summed E-state index contributed by atoms with van der Waals surface area (Å²) in [4.78, 5) is 0. The van der Waals surface area contributed by atoms with Crippen molar-refractivity contribution in [3.8, 4) is 11.5 Å². The first-order chi connectivity index (χ1) is 9.49. The zero-order valence-electron chi connectivity index (χ0n) is 11.8. The molecule has 0 amide bonds. The number of likely N-dealkylation sites (N-methyl/N-ethyl adjacent to an activating group) is 1. The lowest BCUT2D eigenvalue weighted by atomic mass is 10.1. The third-order valence-corrected chi connectivity index (χ3v) is 4.22. The van der Waals surface area contributed by atoms with Gasteiger partial charge in [0.15, 0.2) is 11.5 Å². The van der Waals surface area contributed by atoms with Gasteiger partial charge in [0.1, 0.15) is 22.5 Å². The summed E-state index contributed by atoms with van der Waals surface area (Å²) in [6, 6.07) is 7.48. The van der Waals surface area contributed by atoms with Crippen molar-refractivity contribution in [2.45, 2.75) is 25.5 Å². The number of ether oxygens (including phenoxy) is 2. The van der Waals surface area contributed by atoms with Crippen molar-refractivity contribution in [1.29, 1.82) is 0 Å². The molecule has 1 aliphatic rings. The Hall–Kier alpha value is -1.27. The van der Waals surface area contributed by atoms with Gasteiger partial charge in [-0.2, -0.15) is 0 Å². The molecule has 0 radical (unpaired) electrons. The lowest BCUT2D eigenvalue weighted by Gasteiger charge is -2.32. The second-order valence-corrected chi connectivity index (χ2v) is 7.26. The normalized spacial score (nSPS) is 19.6. The molecule has 112 valence electrons. The average Bonchev–Trinajstić information content (AvgIpc) is 2.42. The fourth-order valence-corrected chi connectivity index (χ4v) is 2.94. The second-order valence-electron chi connectivity index (χ2n) is 5.00. The van der Waals surface area contributed by atoms with Crippen molar-refractivity contribution >= 4 is 9.84 Å². The highest BCUT2D eigenvalue weighted by molar-refractivity contribution is 7.90. The van der Waals surface area contributed by atoms with Crippen LogP contribution in [0.15, 0.2) is 24.3 Å². The number of fused-ring (bicyclic) bond motifs is 1. The van der Waals surface area contributed by atoms with Crippen molar-refractivity contribution in [1.82, 2.24) is 5.32 Å². The van der Waals surface area contributed by atoms with Crippen LogP contribution in [0.25, 0.3) is 0 Å². The van der Waals surface area contributed by atoms with Gasteiger partial charge in [0.25, 0.3) is 0 Å². The van der Waals surface area contributed by atoms with Gasteiger partial charge in [0, 0.05) is 12.3 Å². The summed E-state index contributed by atoms with van der Waals surface area (Å²) in [6.07, 6.45) is 1.60. The quantitative estimate of drug-likeness (QED) is 0.856. The van der Waals surface area contributed by atoms with Crippen LogP contribution in [-0.4, -0.2) is 45.7 Å². The van der Waals surface area contributed by atoms with Crippen molar-refractivity contribution < 1.29 is 17.9 Å². The molecule has 6 heteroatoms. The van der Waals surface area contributed by atoms with Crippen molar-refractivity contribution in [2.75, 3.05) is 25.2 Å². The van der Waals surface area contributed by atoms with Crippen LogP contribution in [0.3, 0.4) is 0 Å². The lowest BCUT2D eigenvalue weighted by Crippen LogP contribution is -2.48. The Morgan fingerprint density at radius 3 is 2.70 bits per heavy atom. The fraction of sp³-hybridized carbons (Fsp3) is 0.571. The van der Waals surface area contributed by atoms with E-state index in [0.717, 1.165) is 12.3 Å². The standard InChI is InChI=1S/C14H21NO4S/c1-3-15-11(8-9-20(2,16)17)14-10-18-12-6-4-5-7-13(12)19-14/h4-7,11,14-15H,3,8-10H2,1-2H3. The molecule has 0 aromatic heterocycles. The molecule has 20 heavy (non-hydrogen) atoms. The number of sulfone groups is 1. The Kier molecular flexibility index (Phi) is 4.88. The molecule has 1 aliphatic heterocycles. The summed E-state index contributed by atoms with van der Waals surface area (Å²) in [7, 11) is -2.97. The predicted molar refractivity (Wildman–Crippen MR) is 78.1 cm³/mol. The summed E-state index contributed by atoms with van der Waals surface area (Å²) in [5, 5.41) is 3.29. The molecule has 2 rings (SSSR count). The monoisotopic (exact) mass is 299 g/mol. The molecular weight excluding hydrogens is 278 g/mol. The highest BCUT2D eigenvalue weighted by Gasteiger charge is 2.28. The Morgan fingerprint density at radius 2 is 2.05 bits per heavy atom. The average molecular weight is 299 g/mol. The molecule has 1 heterocycles. The maximum atomic E-state index is 11.3. The van der Waals surface area contributed by atoms with E-state index in [9.17, 15) is 8.42 Å². The van der Waals surface area contributed by atoms with E-state index in [-0.39, 0.29) is 17.9 Å². The smallest absolute Gasteiger partial charge is 0.161 e. The molecule has 0 bridgehead atoms. The van der Waals surface area contributed by atoms with Gasteiger partial charge < -0.3 is 14.8 Å². The maximum absolute atomic E-state index is 11.3. The van der Waals surface area contributed by atoms with E-state index in [1.54, 1.807) is 0 Å². The molecular formula is C14H21NO4S. The van der Waals surface area contributed by atoms with Gasteiger partial charge in [-0.25, -0.2) is 8.42 Å². The van der Waals surface area contributed by atoms with Crippen molar-refractivity contribution in [2.24, 2.45) is 0 Å². The largest absolute Gasteiger partial charge is 0.486 e. The zero-order valence-corrected chi connectivity index (χ0v) is 12.7. The second kappa shape index (κ2) is 6.45. The van der Waals surface area contributed by atoms with Gasteiger partial charge >= 0.3 is 0 Å². The van der Waals surface area contributed by atoms with Gasteiger partial charge in [0.05, 0.1) is 5.75 Å². The summed E-state index contributed by atoms with van der Waals surface area (Å²) in [6.45, 7) is 3.18. The van der Waals surface area contributed by atoms with E-state index in [2.05, 4.69) is 5.32 Å². The molecule has 1 aromatic carbocycles. The topological polar surface area (TPSA) is 64.6 Å². The van der Waals surface area contributed by atoms with Gasteiger partial charge in [-0.15, -0.1) is 0 Å². The van der Waals surface area contributed by atoms with Crippen LogP contribution >= 0.6 is 0 Å². The molecule has 1 N–H and O–H groups in total. The molecule has 0 spiro atoms. The first-order valence-electron chi connectivity index (χ1n) is 6.79. The minimum Gasteiger partial charge on any atom is -0.486 e. The van der Waals surface area contributed by atoms with Gasteiger partial charge in [0.2, 0.25) is 0 Å². The molecule has 0 saturated carbocycles. The highest BCUT2D eigenvalue weighted by atomic mass is 32.2. The first kappa shape index (κ1) is 15.1. The van der Waals surface area contributed by atoms with Crippen LogP contribution in [0, 0.1) is 0 Å². The minimum atomic E-state index is -2.97. The maximum Gasteiger partial charge on any atom is 0.161 e. The number of hydrogen-bond donors (Lipinski definition) is 1. The van der Waals surface area contributed by atoms with E-state index in [1.165, 1.54) is 6.26 Å². The summed E-state index contributed by atoms with van der Waals surface area (Å²) < 4.78 is 34.3. The Morgan fingerprint density at radius 1 is 1.35 bits per heavy atom. The number of benzene rings is 1. The molecule has 0 fully saturated rings. The van der Waals surface area contributed by atoms with Crippen LogP contribution in [-0.2, 0) is 9.84 Å². The van der Waals surface area contributed by atoms with Gasteiger partial charge in [-0.3, -0.25) is 0 Å². The van der Waals surface area contributed by atoms with Gasteiger partial charge in [-0.05, 0) is 25.1 Å². The SMILES string of the molecule is CCNC(CCS(C)(=O)=O)C1COc2ccccc2O1. The summed E-state index contributed by atoms with van der Waals surface area (Å²) in [5.41, 5.74) is 0. The molecule has 2 unspecified atom stereocenters. The van der Waals surface area contributed by atoms with E-state index in [4.69, 9.17) is 9.47 Å². The van der Waals surface area contributed by atoms with Crippen molar-refractivity contribution in [3.05, 3.63) is 24.3 Å². The first-order valence-corrected chi connectivity index (χ1v) is 8.85. The molecule has 0 aliphatic carbocycles. The number of rotatable bonds is 6. The van der Waals surface area contributed by atoms with E-state index >= 15 is 0 Å². The third kappa shape index (κ3) is 4.11. The third-order valence-electron chi connectivity index (χ3n) is 3.25. The van der Waals surface area contributed by atoms with Crippen LogP contribution in [0.2, 0.25) is 0 Å². The number of hydrogen-bond acceptors (Lipinski definition) is 5. The molecule has 2 atom stereocenters. The van der Waals surface area contributed by atoms with E-state index < -0.39 is 9.84 Å². The highest BCUT2D eigenvalue weighted by Crippen LogP contribution is 2.31. The fourth-order valence-electron chi connectivity index (χ4n) is 2.26. The summed E-state index contributed by atoms with van der Waals surface area (Å²) >= 11 is 0. The van der Waals surface area contributed by atoms with Crippen LogP contribution in [0.1, 0.15) is 13.3 Å². The van der Waals surface area contributed by atoms with Crippen LogP contribution < -0.4 is 14.8 Å². The van der Waals surface area contributed by atoms with Crippen LogP contribution in [0.4, 0.5) is 0 Å². The number of para-hydroxylation sites is 2. The Bertz CT molecular complexity index is 544. The molecule has 1 aromatic rings. The van der Waals surface area contributed by atoms with Crippen LogP contribution in [0.5, 0.6) is 11.5 Å². The zero-order chi connectivity index (χ0) is 14.6. The van der Waals surface area contributed by atoms with Gasteiger partial charge in [-0.1, -0.05) is 19.1 Å². The lowest BCUT2D eigenvalue weighted by molar-refractivity contribution is 0.0615. The van der Waals surface area contributed by atoms with E-state index in [1.807, 2.05) is 31.2 Å². The Balaban J connectivity index is 2.04.